The van der Waals surface area contributed by atoms with Gasteiger partial charge in [0, 0.05) is 20.1 Å². The molecule has 0 saturated carbocycles. The summed E-state index contributed by atoms with van der Waals surface area (Å²) < 4.78 is 5.21. The average molecular weight is 290 g/mol. The third kappa shape index (κ3) is 5.97. The number of esters is 1. The highest BCUT2D eigenvalue weighted by atomic mass is 28.3. The highest BCUT2D eigenvalue weighted by Crippen LogP contribution is 2.17. The van der Waals surface area contributed by atoms with Gasteiger partial charge in [0.05, 0.1) is 12.2 Å². The number of benzene rings is 1. The second-order valence-electron chi connectivity index (χ2n) is 6.11. The fourth-order valence-electron chi connectivity index (χ4n) is 1.91. The molecule has 0 amide bonds. The van der Waals surface area contributed by atoms with Gasteiger partial charge >= 0.3 is 5.97 Å². The molecule has 1 aromatic rings. The summed E-state index contributed by atoms with van der Waals surface area (Å²) in [5.41, 5.74) is 2.16. The fourth-order valence-corrected chi connectivity index (χ4v) is 3.58. The second-order valence-corrected chi connectivity index (χ2v) is 11.6. The molecular formula is C16H22O3Si. The van der Waals surface area contributed by atoms with Gasteiger partial charge in [0.15, 0.2) is 0 Å². The van der Waals surface area contributed by atoms with Crippen molar-refractivity contribution in [1.29, 1.82) is 0 Å². The maximum absolute atomic E-state index is 11.8. The minimum Gasteiger partial charge on any atom is -0.462 e. The third-order valence-corrected chi connectivity index (χ3v) is 4.31. The van der Waals surface area contributed by atoms with Crippen LogP contribution in [-0.2, 0) is 4.74 Å². The number of carbonyl (C=O) groups excluding carboxylic acids is 2. The molecule has 1 aromatic carbocycles. The van der Waals surface area contributed by atoms with Crippen molar-refractivity contribution < 1.29 is 14.3 Å². The molecule has 0 aliphatic rings. The first kappa shape index (κ1) is 16.4. The molecule has 0 aliphatic carbocycles. The minimum absolute atomic E-state index is 0.358. The normalized spacial score (nSPS) is 10.9. The molecule has 0 spiro atoms. The lowest BCUT2D eigenvalue weighted by Crippen LogP contribution is -2.20. The van der Waals surface area contributed by atoms with Crippen molar-refractivity contribution in [2.45, 2.75) is 32.1 Å². The van der Waals surface area contributed by atoms with Crippen molar-refractivity contribution in [3.8, 4) is 0 Å². The first-order valence-corrected chi connectivity index (χ1v) is 10.4. The molecular weight excluding hydrogens is 268 g/mol. The molecule has 1 rings (SSSR count). The Morgan fingerprint density at radius 3 is 2.35 bits per heavy atom. The van der Waals surface area contributed by atoms with Crippen molar-refractivity contribution in [1.82, 2.24) is 0 Å². The lowest BCUT2D eigenvalue weighted by Gasteiger charge is -2.17. The van der Waals surface area contributed by atoms with E-state index in [1.54, 1.807) is 24.3 Å². The molecule has 20 heavy (non-hydrogen) atoms. The van der Waals surface area contributed by atoms with Crippen molar-refractivity contribution >= 4 is 20.3 Å². The van der Waals surface area contributed by atoms with Crippen molar-refractivity contribution in [3.63, 3.8) is 0 Å². The number of hydrogen-bond acceptors (Lipinski definition) is 3. The van der Waals surface area contributed by atoms with E-state index in [-0.39, 0.29) is 5.97 Å². The summed E-state index contributed by atoms with van der Waals surface area (Å²) >= 11 is 0. The van der Waals surface area contributed by atoms with Crippen LogP contribution in [0.2, 0.25) is 25.7 Å². The van der Waals surface area contributed by atoms with E-state index >= 15 is 0 Å². The summed E-state index contributed by atoms with van der Waals surface area (Å²) in [7, 11) is -1.15. The van der Waals surface area contributed by atoms with Crippen LogP contribution in [0, 0.1) is 0 Å². The Bertz CT molecular complexity index is 483. The van der Waals surface area contributed by atoms with Gasteiger partial charge in [0.25, 0.3) is 0 Å². The molecule has 0 aromatic heterocycles. The maximum Gasteiger partial charge on any atom is 0.338 e. The molecule has 3 nitrogen and oxygen atoms in total. The van der Waals surface area contributed by atoms with Crippen LogP contribution < -0.4 is 0 Å². The Hall–Kier alpha value is -1.68. The summed E-state index contributed by atoms with van der Waals surface area (Å²) in [6.07, 6.45) is 1.46. The van der Waals surface area contributed by atoms with Gasteiger partial charge < -0.3 is 4.74 Å². The molecule has 0 bridgehead atoms. The van der Waals surface area contributed by atoms with Gasteiger partial charge in [-0.2, -0.15) is 0 Å². The number of carbonyl (C=O) groups is 2. The summed E-state index contributed by atoms with van der Waals surface area (Å²) in [5, 5.41) is 0. The summed E-state index contributed by atoms with van der Waals surface area (Å²) in [4.78, 5) is 22.3. The largest absolute Gasteiger partial charge is 0.462 e. The van der Waals surface area contributed by atoms with Gasteiger partial charge in [-0.15, -0.1) is 6.58 Å². The van der Waals surface area contributed by atoms with E-state index in [1.807, 2.05) is 0 Å². The van der Waals surface area contributed by atoms with Crippen LogP contribution in [0.15, 0.2) is 36.4 Å². The Morgan fingerprint density at radius 1 is 1.25 bits per heavy atom. The van der Waals surface area contributed by atoms with Crippen molar-refractivity contribution in [2.75, 3.05) is 6.61 Å². The van der Waals surface area contributed by atoms with Gasteiger partial charge in [-0.3, -0.25) is 4.79 Å². The molecule has 0 heterocycles. The Kier molecular flexibility index (Phi) is 5.89. The van der Waals surface area contributed by atoms with Gasteiger partial charge in [0.1, 0.15) is 6.29 Å². The number of hydrogen-bond donors (Lipinski definition) is 0. The van der Waals surface area contributed by atoms with E-state index in [2.05, 4.69) is 26.2 Å². The first-order valence-electron chi connectivity index (χ1n) is 6.71. The summed E-state index contributed by atoms with van der Waals surface area (Å²) in [6, 6.07) is 7.46. The van der Waals surface area contributed by atoms with Crippen LogP contribution in [0.25, 0.3) is 0 Å². The third-order valence-electron chi connectivity index (χ3n) is 2.75. The zero-order valence-corrected chi connectivity index (χ0v) is 13.4. The summed E-state index contributed by atoms with van der Waals surface area (Å²) in [5.74, 6) is -0.358. The second kappa shape index (κ2) is 7.19. The molecule has 4 heteroatoms. The van der Waals surface area contributed by atoms with E-state index < -0.39 is 8.07 Å². The predicted molar refractivity (Wildman–Crippen MR) is 84.0 cm³/mol. The molecule has 0 aliphatic heterocycles. The van der Waals surface area contributed by atoms with E-state index in [1.165, 1.54) is 0 Å². The predicted octanol–water partition coefficient (Wildman–Crippen LogP) is 3.94. The highest BCUT2D eigenvalue weighted by molar-refractivity contribution is 6.76. The molecule has 0 N–H and O–H groups in total. The average Bonchev–Trinajstić information content (AvgIpc) is 2.36. The van der Waals surface area contributed by atoms with Crippen LogP contribution in [-0.4, -0.2) is 26.9 Å². The molecule has 0 atom stereocenters. The smallest absolute Gasteiger partial charge is 0.338 e. The zero-order valence-electron chi connectivity index (χ0n) is 12.4. The zero-order chi connectivity index (χ0) is 15.2. The number of rotatable bonds is 7. The molecule has 0 unspecified atom stereocenters. The SMILES string of the molecule is C=C(CCOC(=O)c1ccc(C=O)cc1)C[Si](C)(C)C. The van der Waals surface area contributed by atoms with Gasteiger partial charge in [-0.25, -0.2) is 4.79 Å². The lowest BCUT2D eigenvalue weighted by atomic mass is 10.1. The number of aldehydes is 1. The molecule has 0 fully saturated rings. The van der Waals surface area contributed by atoms with Gasteiger partial charge in [-0.05, 0) is 18.2 Å². The molecule has 0 saturated heterocycles. The summed E-state index contributed by atoms with van der Waals surface area (Å²) in [6.45, 7) is 11.3. The van der Waals surface area contributed by atoms with E-state index in [0.717, 1.165) is 17.9 Å². The van der Waals surface area contributed by atoms with Crippen LogP contribution in [0.4, 0.5) is 0 Å². The van der Waals surface area contributed by atoms with Gasteiger partial charge in [0.2, 0.25) is 0 Å². The van der Waals surface area contributed by atoms with Crippen LogP contribution in [0.3, 0.4) is 0 Å². The Morgan fingerprint density at radius 2 is 1.85 bits per heavy atom. The lowest BCUT2D eigenvalue weighted by molar-refractivity contribution is 0.0509. The standard InChI is InChI=1S/C16H22O3Si/c1-13(12-20(2,3)4)9-10-19-16(18)15-7-5-14(11-17)6-8-15/h5-8,11H,1,9-10,12H2,2-4H3. The molecule has 0 radical (unpaired) electrons. The van der Waals surface area contributed by atoms with Gasteiger partial charge in [-0.1, -0.05) is 37.3 Å². The van der Waals surface area contributed by atoms with Crippen LogP contribution in [0.5, 0.6) is 0 Å². The van der Waals surface area contributed by atoms with Crippen molar-refractivity contribution in [2.24, 2.45) is 0 Å². The topological polar surface area (TPSA) is 43.4 Å². The first-order chi connectivity index (χ1) is 9.31. The van der Waals surface area contributed by atoms with Crippen molar-refractivity contribution in [3.05, 3.63) is 47.5 Å². The monoisotopic (exact) mass is 290 g/mol. The minimum atomic E-state index is -1.15. The maximum atomic E-state index is 11.8. The molecule has 108 valence electrons. The van der Waals surface area contributed by atoms with E-state index in [4.69, 9.17) is 4.74 Å². The van der Waals surface area contributed by atoms with E-state index in [9.17, 15) is 9.59 Å². The van der Waals surface area contributed by atoms with Crippen LogP contribution >= 0.6 is 0 Å². The quantitative estimate of drug-likeness (QED) is 0.330. The fraction of sp³-hybridized carbons (Fsp3) is 0.375. The Labute approximate surface area is 121 Å². The van der Waals surface area contributed by atoms with E-state index in [0.29, 0.717) is 24.2 Å². The highest BCUT2D eigenvalue weighted by Gasteiger charge is 2.14. The number of ether oxygens (including phenoxy) is 1. The Balaban J connectivity index is 2.39. The van der Waals surface area contributed by atoms with Crippen LogP contribution in [0.1, 0.15) is 27.1 Å².